The molecule has 1 aliphatic heterocycles. The number of benzene rings is 2. The molecular formula is C18H18BNO4. The molecule has 1 fully saturated rings. The topological polar surface area (TPSA) is 71.7 Å². The van der Waals surface area contributed by atoms with Gasteiger partial charge >= 0.3 is 7.12 Å². The predicted octanol–water partition coefficient (Wildman–Crippen LogP) is 2.84. The summed E-state index contributed by atoms with van der Waals surface area (Å²) in [4.78, 5) is 0. The molecule has 0 bridgehead atoms. The van der Waals surface area contributed by atoms with Crippen molar-refractivity contribution in [1.82, 2.24) is 0 Å². The highest BCUT2D eigenvalue weighted by molar-refractivity contribution is 6.43. The minimum atomic E-state index is -0.690. The van der Waals surface area contributed by atoms with Crippen molar-refractivity contribution in [3.8, 4) is 28.7 Å². The number of methoxy groups -OCH3 is 2. The maximum Gasteiger partial charge on any atom is 0.454 e. The summed E-state index contributed by atoms with van der Waals surface area (Å²) in [5.41, 5.74) is 3.39. The molecule has 0 amide bonds. The predicted molar refractivity (Wildman–Crippen MR) is 91.2 cm³/mol. The zero-order chi connectivity index (χ0) is 17.1. The van der Waals surface area contributed by atoms with E-state index in [4.69, 9.17) is 14.1 Å². The van der Waals surface area contributed by atoms with Crippen LogP contribution in [0.15, 0.2) is 36.4 Å². The molecule has 2 aromatic carbocycles. The van der Waals surface area contributed by atoms with Gasteiger partial charge in [-0.05, 0) is 35.1 Å². The Morgan fingerprint density at radius 3 is 2.67 bits per heavy atom. The number of ether oxygens (including phenoxy) is 2. The second kappa shape index (κ2) is 6.96. The first kappa shape index (κ1) is 16.4. The molecule has 5 nitrogen and oxygen atoms in total. The van der Waals surface area contributed by atoms with Crippen molar-refractivity contribution in [3.05, 3.63) is 47.5 Å². The third kappa shape index (κ3) is 3.09. The summed E-state index contributed by atoms with van der Waals surface area (Å²) < 4.78 is 15.9. The quantitative estimate of drug-likeness (QED) is 0.876. The van der Waals surface area contributed by atoms with E-state index in [1.54, 1.807) is 13.2 Å². The van der Waals surface area contributed by atoms with Crippen LogP contribution in [0.1, 0.15) is 17.0 Å². The van der Waals surface area contributed by atoms with Crippen LogP contribution in [-0.2, 0) is 4.65 Å². The van der Waals surface area contributed by atoms with Crippen molar-refractivity contribution in [1.29, 1.82) is 5.26 Å². The van der Waals surface area contributed by atoms with Crippen LogP contribution in [0.3, 0.4) is 0 Å². The van der Waals surface area contributed by atoms with Crippen molar-refractivity contribution < 1.29 is 19.2 Å². The highest BCUT2D eigenvalue weighted by atomic mass is 16.5. The van der Waals surface area contributed by atoms with Gasteiger partial charge < -0.3 is 19.2 Å². The zero-order valence-electron chi connectivity index (χ0n) is 13.7. The van der Waals surface area contributed by atoms with Gasteiger partial charge in [0, 0.05) is 12.5 Å². The van der Waals surface area contributed by atoms with E-state index in [1.165, 1.54) is 7.11 Å². The average Bonchev–Trinajstić information content (AvgIpc) is 3.07. The van der Waals surface area contributed by atoms with Gasteiger partial charge in [0.25, 0.3) is 0 Å². The number of hydrogen-bond donors (Lipinski definition) is 1. The minimum absolute atomic E-state index is 0.176. The van der Waals surface area contributed by atoms with E-state index in [-0.39, 0.29) is 5.92 Å². The third-order valence-electron chi connectivity index (χ3n) is 4.27. The lowest BCUT2D eigenvalue weighted by Crippen LogP contribution is -2.07. The fourth-order valence-corrected chi connectivity index (χ4v) is 3.03. The SMILES string of the molecule is COc1cc(-c2cccc([C@H]3COB(O)C3)c2)cc(C#N)c1OC. The molecule has 122 valence electrons. The van der Waals surface area contributed by atoms with Gasteiger partial charge in [-0.3, -0.25) is 0 Å². The van der Waals surface area contributed by atoms with Gasteiger partial charge in [0.1, 0.15) is 6.07 Å². The first-order chi connectivity index (χ1) is 11.7. The van der Waals surface area contributed by atoms with Crippen molar-refractivity contribution >= 4 is 7.12 Å². The number of rotatable bonds is 4. The summed E-state index contributed by atoms with van der Waals surface area (Å²) in [5, 5.41) is 18.9. The Kier molecular flexibility index (Phi) is 4.75. The molecule has 1 atom stereocenters. The summed E-state index contributed by atoms with van der Waals surface area (Å²) in [6.07, 6.45) is 0.596. The Hall–Kier alpha value is -2.49. The smallest absolute Gasteiger partial charge is 0.454 e. The second-order valence-corrected chi connectivity index (χ2v) is 5.72. The van der Waals surface area contributed by atoms with Crippen LogP contribution in [0, 0.1) is 11.3 Å². The summed E-state index contributed by atoms with van der Waals surface area (Å²) >= 11 is 0. The molecule has 0 radical (unpaired) electrons. The first-order valence-electron chi connectivity index (χ1n) is 7.72. The maximum absolute atomic E-state index is 9.55. The highest BCUT2D eigenvalue weighted by Crippen LogP contribution is 2.37. The van der Waals surface area contributed by atoms with Gasteiger partial charge in [0.2, 0.25) is 0 Å². The second-order valence-electron chi connectivity index (χ2n) is 5.72. The van der Waals surface area contributed by atoms with Crippen LogP contribution in [-0.4, -0.2) is 33.0 Å². The van der Waals surface area contributed by atoms with Gasteiger partial charge in [-0.2, -0.15) is 5.26 Å². The van der Waals surface area contributed by atoms with Crippen LogP contribution in [0.5, 0.6) is 11.5 Å². The largest absolute Gasteiger partial charge is 0.493 e. The van der Waals surface area contributed by atoms with Gasteiger partial charge in [-0.25, -0.2) is 0 Å². The molecule has 0 aromatic heterocycles. The van der Waals surface area contributed by atoms with E-state index in [2.05, 4.69) is 12.1 Å². The van der Waals surface area contributed by atoms with Crippen molar-refractivity contribution in [2.75, 3.05) is 20.8 Å². The molecule has 0 aliphatic carbocycles. The number of hydrogen-bond acceptors (Lipinski definition) is 5. The Labute approximate surface area is 141 Å². The molecule has 2 aromatic rings. The van der Waals surface area contributed by atoms with Gasteiger partial charge in [0.15, 0.2) is 11.5 Å². The third-order valence-corrected chi connectivity index (χ3v) is 4.27. The van der Waals surface area contributed by atoms with Crippen LogP contribution in [0.25, 0.3) is 11.1 Å². The molecule has 3 rings (SSSR count). The van der Waals surface area contributed by atoms with E-state index in [0.29, 0.717) is 30.0 Å². The summed E-state index contributed by atoms with van der Waals surface area (Å²) in [5.74, 6) is 1.14. The molecule has 0 saturated carbocycles. The Balaban J connectivity index is 2.02. The van der Waals surface area contributed by atoms with Gasteiger partial charge in [-0.1, -0.05) is 24.3 Å². The fourth-order valence-electron chi connectivity index (χ4n) is 3.03. The van der Waals surface area contributed by atoms with Gasteiger partial charge in [0.05, 0.1) is 19.8 Å². The van der Waals surface area contributed by atoms with E-state index < -0.39 is 7.12 Å². The zero-order valence-corrected chi connectivity index (χ0v) is 13.7. The van der Waals surface area contributed by atoms with Crippen molar-refractivity contribution in [2.24, 2.45) is 0 Å². The first-order valence-corrected chi connectivity index (χ1v) is 7.72. The lowest BCUT2D eigenvalue weighted by Gasteiger charge is -2.14. The van der Waals surface area contributed by atoms with Crippen LogP contribution >= 0.6 is 0 Å². The highest BCUT2D eigenvalue weighted by Gasteiger charge is 2.29. The molecule has 0 unspecified atom stereocenters. The Bertz CT molecular complexity index is 787. The molecule has 1 saturated heterocycles. The molecule has 1 N–H and O–H groups in total. The monoisotopic (exact) mass is 323 g/mol. The van der Waals surface area contributed by atoms with Crippen LogP contribution < -0.4 is 9.47 Å². The van der Waals surface area contributed by atoms with E-state index in [0.717, 1.165) is 16.7 Å². The van der Waals surface area contributed by atoms with Gasteiger partial charge in [-0.15, -0.1) is 0 Å². The molecule has 6 heteroatoms. The molecule has 24 heavy (non-hydrogen) atoms. The molecule has 1 heterocycles. The average molecular weight is 323 g/mol. The van der Waals surface area contributed by atoms with E-state index in [1.807, 2.05) is 24.3 Å². The van der Waals surface area contributed by atoms with Crippen molar-refractivity contribution in [3.63, 3.8) is 0 Å². The maximum atomic E-state index is 9.55. The van der Waals surface area contributed by atoms with Crippen LogP contribution in [0.2, 0.25) is 6.32 Å². The number of nitriles is 1. The fraction of sp³-hybridized carbons (Fsp3) is 0.278. The van der Waals surface area contributed by atoms with Crippen molar-refractivity contribution in [2.45, 2.75) is 12.2 Å². The summed E-state index contributed by atoms with van der Waals surface area (Å²) in [7, 11) is 2.38. The molecular weight excluding hydrogens is 305 g/mol. The molecule has 1 aliphatic rings. The van der Waals surface area contributed by atoms with Crippen LogP contribution in [0.4, 0.5) is 0 Å². The summed E-state index contributed by atoms with van der Waals surface area (Å²) in [6.45, 7) is 0.514. The summed E-state index contributed by atoms with van der Waals surface area (Å²) in [6, 6.07) is 13.8. The minimum Gasteiger partial charge on any atom is -0.493 e. The molecule has 0 spiro atoms. The van der Waals surface area contributed by atoms with E-state index >= 15 is 0 Å². The lowest BCUT2D eigenvalue weighted by atomic mass is 9.79. The normalized spacial score (nSPS) is 16.8. The standard InChI is InChI=1S/C18H18BNO4/c1-22-17-8-14(7-15(10-20)18(17)23-2)12-4-3-5-13(6-12)16-9-19(21)24-11-16/h3-8,16,21H,9,11H2,1-2H3/t16-/m1/s1. The lowest BCUT2D eigenvalue weighted by molar-refractivity contribution is 0.292. The Morgan fingerprint density at radius 2 is 2.04 bits per heavy atom. The Morgan fingerprint density at radius 1 is 1.21 bits per heavy atom. The number of nitrogens with zero attached hydrogens (tertiary/aromatic N) is 1. The van der Waals surface area contributed by atoms with E-state index in [9.17, 15) is 10.3 Å².